The number of phenolic OH excluding ortho intramolecular Hbond substituents is 1. The zero-order valence-electron chi connectivity index (χ0n) is 52.8. The number of thioether (sulfide) groups is 1. The molecule has 11 amide bonds. The highest BCUT2D eigenvalue weighted by Crippen LogP contribution is 2.33. The number of phenols is 1. The minimum absolute atomic E-state index is 0.00785. The summed E-state index contributed by atoms with van der Waals surface area (Å²) in [6, 6.07) is 4.04. The number of aromatic hydroxyl groups is 1. The average Bonchev–Trinajstić information content (AvgIpc) is 1.67. The van der Waals surface area contributed by atoms with E-state index in [1.807, 2.05) is 30.0 Å². The van der Waals surface area contributed by atoms with Crippen molar-refractivity contribution in [3.63, 3.8) is 0 Å². The van der Waals surface area contributed by atoms with Crippen molar-refractivity contribution >= 4 is 87.8 Å². The lowest BCUT2D eigenvalue weighted by Gasteiger charge is -2.26. The molecule has 3 aliphatic rings. The monoisotopic (exact) mass is 1330 g/mol. The van der Waals surface area contributed by atoms with E-state index in [-0.39, 0.29) is 126 Å². The third-order valence-corrected chi connectivity index (χ3v) is 17.4. The molecule has 33 heteroatoms. The van der Waals surface area contributed by atoms with Crippen molar-refractivity contribution in [2.45, 2.75) is 157 Å². The molecule has 2 aromatic heterocycles. The van der Waals surface area contributed by atoms with Gasteiger partial charge < -0.3 is 94.3 Å². The third kappa shape index (κ3) is 23.5. The van der Waals surface area contributed by atoms with Gasteiger partial charge in [0.05, 0.1) is 50.8 Å². The number of hydrogen-bond acceptors (Lipinski definition) is 18. The number of guanidine groups is 1. The standard InChI is InChI=1S/C61H88N18O14S/c1-35-54(84)72-44(13-9-20-66-60(63)64)56(86)68-36(2)55(85)73-45(28-37-16-18-40(80)19-17-37)58(88)71-43(53(62)83)12-7-8-22-79-32-39(77-78-79)30-47(59(89)74-46(57(87)69-35)29-38-31-67-42-11-4-3-10-41(38)42)70-51(82)33-93-27-26-92-25-24-91-23-21-65-50(81)15-6-5-14-49-52-48(34-94-49)75-61(90)76-52/h3-4,10-11,16-19,31-32,35-36,43-49,52,67,80H,5-9,12-15,20-30,33-34H2,1-2H3,(H2,62,83)(H,65,81)(H,68,86)(H,69,87)(H,70,82)(H,71,88)(H,72,84)(H,73,85)(H,74,89)(H4,63,64,66)(H2,75,76,90)/t35-,36-,43+,44-,45-,46-,47+,48-,49?,52-/m1/s1. The molecule has 1 unspecified atom stereocenters. The van der Waals surface area contributed by atoms with Crippen molar-refractivity contribution in [3.8, 4) is 5.75 Å². The lowest BCUT2D eigenvalue weighted by Crippen LogP contribution is -2.59. The Kier molecular flexibility index (Phi) is 28.5. The Hall–Kier alpha value is -9.08. The number of carbonyl (C=O) groups is 10. The predicted molar refractivity (Wildman–Crippen MR) is 344 cm³/mol. The van der Waals surface area contributed by atoms with E-state index in [0.717, 1.165) is 35.9 Å². The molecular formula is C61H88N18O14S. The lowest BCUT2D eigenvalue weighted by molar-refractivity contribution is -0.135. The number of nitrogens with one attached hydrogen (secondary N) is 13. The number of aryl methyl sites for hydroxylation is 1. The van der Waals surface area contributed by atoms with Crippen LogP contribution in [0.3, 0.4) is 0 Å². The van der Waals surface area contributed by atoms with Crippen LogP contribution in [-0.2, 0) is 83.2 Å². The molecule has 18 N–H and O–H groups in total. The molecular weight excluding hydrogens is 1240 g/mol. The molecule has 10 atom stereocenters. The molecule has 2 fully saturated rings. The van der Waals surface area contributed by atoms with Crippen LogP contribution in [0.15, 0.2) is 60.9 Å². The van der Waals surface area contributed by atoms with Crippen LogP contribution in [0.1, 0.15) is 88.5 Å². The molecule has 5 heterocycles. The maximum atomic E-state index is 14.7. The number of aromatic amines is 1. The second kappa shape index (κ2) is 37.0. The van der Waals surface area contributed by atoms with Crippen molar-refractivity contribution in [2.75, 3.05) is 58.5 Å². The van der Waals surface area contributed by atoms with Crippen LogP contribution in [0.5, 0.6) is 5.75 Å². The van der Waals surface area contributed by atoms with E-state index >= 15 is 0 Å². The Morgan fingerprint density at radius 1 is 0.702 bits per heavy atom. The van der Waals surface area contributed by atoms with Crippen LogP contribution in [0.25, 0.3) is 10.9 Å². The maximum absolute atomic E-state index is 14.7. The number of nitrogens with zero attached hydrogens (tertiary/aromatic N) is 3. The van der Waals surface area contributed by atoms with Crippen molar-refractivity contribution in [2.24, 2.45) is 11.5 Å². The summed E-state index contributed by atoms with van der Waals surface area (Å²) in [6.45, 7) is 3.71. The average molecular weight is 1330 g/mol. The fraction of sp³-hybridized carbons (Fsp3) is 0.557. The SMILES string of the molecule is C[C@H]1NC(=O)[C@@H](Cc2c[nH]c3ccccc23)NC(=O)[C@@H](NC(=O)COCCOCCOCCNC(=O)CCCCC2SC[C@H]3NC(=O)N[C@@H]23)Cc2cn(nn2)CCCC[C@@H](C(N)=O)NC(=O)[C@@H](Cc2ccc(O)cc2)NC(=O)[C@@H](C)NC(=O)[C@@H](CCCNC(=N)N)NC1=O. The highest BCUT2D eigenvalue weighted by molar-refractivity contribution is 8.00. The molecule has 3 aliphatic heterocycles. The van der Waals surface area contributed by atoms with Gasteiger partial charge in [-0.05, 0) is 88.1 Å². The fourth-order valence-electron chi connectivity index (χ4n) is 10.8. The fourth-order valence-corrected chi connectivity index (χ4v) is 12.4. The van der Waals surface area contributed by atoms with Gasteiger partial charge in [0.2, 0.25) is 53.2 Å². The molecule has 94 heavy (non-hydrogen) atoms. The van der Waals surface area contributed by atoms with Gasteiger partial charge in [-0.2, -0.15) is 11.8 Å². The van der Waals surface area contributed by atoms with E-state index in [9.17, 15) is 53.1 Å². The Morgan fingerprint density at radius 3 is 2.11 bits per heavy atom. The Balaban J connectivity index is 0.996. The smallest absolute Gasteiger partial charge is 0.315 e. The van der Waals surface area contributed by atoms with Gasteiger partial charge in [0.25, 0.3) is 0 Å². The number of unbranched alkanes of at least 4 members (excludes halogenated alkanes) is 1. The first-order valence-corrected chi connectivity index (χ1v) is 32.6. The number of amides is 11. The van der Waals surface area contributed by atoms with E-state index in [1.54, 1.807) is 30.6 Å². The number of urea groups is 1. The van der Waals surface area contributed by atoms with Gasteiger partial charge in [-0.25, -0.2) is 4.79 Å². The Bertz CT molecular complexity index is 3240. The molecule has 0 radical (unpaired) electrons. The van der Waals surface area contributed by atoms with Crippen molar-refractivity contribution < 1.29 is 67.3 Å². The number of ether oxygens (including phenoxy) is 3. The zero-order valence-corrected chi connectivity index (χ0v) is 53.6. The van der Waals surface area contributed by atoms with E-state index in [1.165, 1.54) is 30.7 Å². The van der Waals surface area contributed by atoms with E-state index in [0.29, 0.717) is 42.2 Å². The first kappa shape index (κ1) is 72.3. The van der Waals surface area contributed by atoms with E-state index in [4.69, 9.17) is 31.1 Å². The predicted octanol–water partition coefficient (Wildman–Crippen LogP) is -2.25. The summed E-state index contributed by atoms with van der Waals surface area (Å²) in [5, 5.41) is 57.1. The van der Waals surface area contributed by atoms with Crippen LogP contribution in [0.4, 0.5) is 4.79 Å². The number of H-pyrrole nitrogens is 1. The number of para-hydroxylation sites is 1. The Labute approximate surface area is 547 Å². The van der Waals surface area contributed by atoms with Crippen molar-refractivity contribution in [1.29, 1.82) is 5.41 Å². The Morgan fingerprint density at radius 2 is 1.37 bits per heavy atom. The summed E-state index contributed by atoms with van der Waals surface area (Å²) < 4.78 is 18.3. The second-order valence-electron chi connectivity index (χ2n) is 23.3. The quantitative estimate of drug-likeness (QED) is 0.0137. The zero-order chi connectivity index (χ0) is 67.5. The summed E-state index contributed by atoms with van der Waals surface area (Å²) >= 11 is 1.85. The number of aromatic nitrogens is 4. The van der Waals surface area contributed by atoms with E-state index < -0.39 is 96.2 Å². The number of hydrogen-bond donors (Lipinski definition) is 16. The topological polar surface area (TPSA) is 473 Å². The summed E-state index contributed by atoms with van der Waals surface area (Å²) in [5.74, 6) is -6.00. The summed E-state index contributed by atoms with van der Waals surface area (Å²) in [7, 11) is 0. The number of nitrogens with two attached hydrogens (primary N) is 2. The van der Waals surface area contributed by atoms with Crippen LogP contribution in [-0.4, -0.2) is 208 Å². The molecule has 4 aromatic rings. The van der Waals surface area contributed by atoms with Gasteiger partial charge >= 0.3 is 6.03 Å². The molecule has 0 aliphatic carbocycles. The van der Waals surface area contributed by atoms with Crippen LogP contribution in [0.2, 0.25) is 0 Å². The number of carbonyl (C=O) groups excluding carboxylic acids is 10. The number of rotatable bonds is 26. The van der Waals surface area contributed by atoms with E-state index in [2.05, 4.69) is 73.8 Å². The second-order valence-corrected chi connectivity index (χ2v) is 24.6. The van der Waals surface area contributed by atoms with Crippen molar-refractivity contribution in [3.05, 3.63) is 77.7 Å². The minimum atomic E-state index is -1.39. The molecule has 0 spiro atoms. The molecule has 2 saturated heterocycles. The number of primary amides is 1. The summed E-state index contributed by atoms with van der Waals surface area (Å²) in [6.07, 6.45) is 6.65. The van der Waals surface area contributed by atoms with Gasteiger partial charge in [-0.3, -0.25) is 53.2 Å². The first-order chi connectivity index (χ1) is 45.2. The largest absolute Gasteiger partial charge is 0.508 e. The molecule has 2 aromatic carbocycles. The number of fused-ring (bicyclic) bond motifs is 4. The van der Waals surface area contributed by atoms with Gasteiger partial charge in [-0.15, -0.1) is 5.10 Å². The maximum Gasteiger partial charge on any atom is 0.315 e. The van der Waals surface area contributed by atoms with Gasteiger partial charge in [-0.1, -0.05) is 42.0 Å². The van der Waals surface area contributed by atoms with Gasteiger partial charge in [0.1, 0.15) is 54.6 Å². The minimum Gasteiger partial charge on any atom is -0.508 e. The van der Waals surface area contributed by atoms with Crippen LogP contribution < -0.4 is 70.0 Å². The third-order valence-electron chi connectivity index (χ3n) is 15.9. The summed E-state index contributed by atoms with van der Waals surface area (Å²) in [4.78, 5) is 139. The number of benzene rings is 2. The van der Waals surface area contributed by atoms with Crippen molar-refractivity contribution in [1.82, 2.24) is 78.5 Å². The lowest BCUT2D eigenvalue weighted by atomic mass is 10.0. The molecule has 7 rings (SSSR count). The highest BCUT2D eigenvalue weighted by atomic mass is 32.2. The van der Waals surface area contributed by atoms with Crippen LogP contribution in [0, 0.1) is 5.41 Å². The molecule has 0 saturated carbocycles. The molecule has 512 valence electrons. The molecule has 2 bridgehead atoms. The molecule has 32 nitrogen and oxygen atoms in total. The van der Waals surface area contributed by atoms with Gasteiger partial charge in [0.15, 0.2) is 5.96 Å². The van der Waals surface area contributed by atoms with Gasteiger partial charge in [0, 0.05) is 79.6 Å². The van der Waals surface area contributed by atoms with Crippen LogP contribution >= 0.6 is 11.8 Å². The normalized spacial score (nSPS) is 23.6. The highest BCUT2D eigenvalue weighted by Gasteiger charge is 2.43. The first-order valence-electron chi connectivity index (χ1n) is 31.6. The summed E-state index contributed by atoms with van der Waals surface area (Å²) in [5.41, 5.74) is 13.4.